The molecule has 0 aliphatic heterocycles. The van der Waals surface area contributed by atoms with Crippen LogP contribution in [0.25, 0.3) is 11.1 Å². The Morgan fingerprint density at radius 1 is 1.11 bits per heavy atom. The largest absolute Gasteiger partial charge is 0.477 e. The predicted molar refractivity (Wildman–Crippen MR) is 59.3 cm³/mol. The number of carboxylic acids is 1. The highest BCUT2D eigenvalue weighted by Gasteiger charge is 2.17. The molecule has 0 unspecified atom stereocenters. The van der Waals surface area contributed by atoms with Gasteiger partial charge in [0.15, 0.2) is 0 Å². The molecule has 0 saturated carbocycles. The summed E-state index contributed by atoms with van der Waals surface area (Å²) in [6.07, 6.45) is 0.953. The molecule has 0 spiro atoms. The number of aromatic amines is 1. The maximum Gasteiger partial charge on any atom is 0.341 e. The number of rotatable bonds is 2. The standard InChI is InChI=1S/C12H6F3NO3/c13-6-2-8(14)10(9(15)3-6)5-1-7(12(18)19)11(17)16-4-5/h1-4H,(H,16,17)(H,18,19). The van der Waals surface area contributed by atoms with Gasteiger partial charge in [0.1, 0.15) is 23.0 Å². The van der Waals surface area contributed by atoms with Crippen LogP contribution in [-0.4, -0.2) is 16.1 Å². The number of benzene rings is 1. The molecule has 4 nitrogen and oxygen atoms in total. The van der Waals surface area contributed by atoms with Crippen molar-refractivity contribution < 1.29 is 23.1 Å². The van der Waals surface area contributed by atoms with Crippen LogP contribution in [0.5, 0.6) is 0 Å². The molecule has 2 rings (SSSR count). The fourth-order valence-electron chi connectivity index (χ4n) is 1.60. The van der Waals surface area contributed by atoms with E-state index in [4.69, 9.17) is 5.11 Å². The van der Waals surface area contributed by atoms with E-state index in [1.807, 2.05) is 0 Å². The third kappa shape index (κ3) is 2.35. The number of carboxylic acid groups (broad SMARTS) is 1. The van der Waals surface area contributed by atoms with Crippen LogP contribution in [0.2, 0.25) is 0 Å². The van der Waals surface area contributed by atoms with Gasteiger partial charge < -0.3 is 10.1 Å². The van der Waals surface area contributed by atoms with Gasteiger partial charge in [-0.15, -0.1) is 0 Å². The first-order valence-electron chi connectivity index (χ1n) is 5.01. The van der Waals surface area contributed by atoms with Crippen LogP contribution >= 0.6 is 0 Å². The third-order valence-electron chi connectivity index (χ3n) is 2.43. The topological polar surface area (TPSA) is 70.2 Å². The second kappa shape index (κ2) is 4.60. The van der Waals surface area contributed by atoms with Gasteiger partial charge in [-0.3, -0.25) is 4.79 Å². The molecule has 1 aromatic heterocycles. The number of H-pyrrole nitrogens is 1. The quantitative estimate of drug-likeness (QED) is 0.877. The zero-order valence-electron chi connectivity index (χ0n) is 9.21. The van der Waals surface area contributed by atoms with Crippen molar-refractivity contribution in [2.75, 3.05) is 0 Å². The molecule has 0 aliphatic rings. The van der Waals surface area contributed by atoms with E-state index in [9.17, 15) is 22.8 Å². The summed E-state index contributed by atoms with van der Waals surface area (Å²) < 4.78 is 39.8. The summed E-state index contributed by atoms with van der Waals surface area (Å²) in [7, 11) is 0. The summed E-state index contributed by atoms with van der Waals surface area (Å²) in [6, 6.07) is 1.74. The summed E-state index contributed by atoms with van der Waals surface area (Å²) in [6.45, 7) is 0. The first-order chi connectivity index (χ1) is 8.90. The number of aromatic nitrogens is 1. The van der Waals surface area contributed by atoms with Gasteiger partial charge in [0.2, 0.25) is 0 Å². The summed E-state index contributed by atoms with van der Waals surface area (Å²) in [5, 5.41) is 8.75. The first kappa shape index (κ1) is 12.9. The van der Waals surface area contributed by atoms with E-state index >= 15 is 0 Å². The van der Waals surface area contributed by atoms with E-state index in [0.29, 0.717) is 12.1 Å². The second-order valence-electron chi connectivity index (χ2n) is 3.68. The zero-order valence-corrected chi connectivity index (χ0v) is 9.21. The Morgan fingerprint density at radius 2 is 1.68 bits per heavy atom. The molecule has 2 N–H and O–H groups in total. The van der Waals surface area contributed by atoms with Gasteiger partial charge in [0, 0.05) is 23.9 Å². The molecule has 0 saturated heterocycles. The lowest BCUT2D eigenvalue weighted by Gasteiger charge is -2.06. The summed E-state index contributed by atoms with van der Waals surface area (Å²) >= 11 is 0. The lowest BCUT2D eigenvalue weighted by Crippen LogP contribution is -2.17. The van der Waals surface area contributed by atoms with Crippen molar-refractivity contribution in [3.63, 3.8) is 0 Å². The van der Waals surface area contributed by atoms with Gasteiger partial charge in [-0.05, 0) is 6.07 Å². The Labute approximate surface area is 104 Å². The summed E-state index contributed by atoms with van der Waals surface area (Å²) in [5.74, 6) is -5.02. The number of aromatic carboxylic acids is 1. The van der Waals surface area contributed by atoms with E-state index in [1.54, 1.807) is 0 Å². The predicted octanol–water partition coefficient (Wildman–Crippen LogP) is 2.16. The minimum atomic E-state index is -1.54. The van der Waals surface area contributed by atoms with E-state index in [0.717, 1.165) is 12.3 Å². The summed E-state index contributed by atoms with van der Waals surface area (Å²) in [4.78, 5) is 24.0. The Balaban J connectivity index is 2.70. The average molecular weight is 269 g/mol. The van der Waals surface area contributed by atoms with Crippen LogP contribution in [0.4, 0.5) is 13.2 Å². The number of pyridine rings is 1. The number of carbonyl (C=O) groups is 1. The number of hydrogen-bond acceptors (Lipinski definition) is 2. The van der Waals surface area contributed by atoms with Crippen LogP contribution in [-0.2, 0) is 0 Å². The van der Waals surface area contributed by atoms with Crippen molar-refractivity contribution in [1.82, 2.24) is 4.98 Å². The molecule has 98 valence electrons. The van der Waals surface area contributed by atoms with Crippen molar-refractivity contribution >= 4 is 5.97 Å². The molecule has 1 aromatic carbocycles. The highest BCUT2D eigenvalue weighted by molar-refractivity contribution is 5.88. The Kier molecular flexibility index (Phi) is 3.12. The van der Waals surface area contributed by atoms with Gasteiger partial charge >= 0.3 is 5.97 Å². The normalized spacial score (nSPS) is 10.5. The second-order valence-corrected chi connectivity index (χ2v) is 3.68. The van der Waals surface area contributed by atoms with E-state index in [1.165, 1.54) is 0 Å². The smallest absolute Gasteiger partial charge is 0.341 e. The molecule has 7 heteroatoms. The molecular formula is C12H6F3NO3. The Hall–Kier alpha value is -2.57. The van der Waals surface area contributed by atoms with Gasteiger partial charge in [0.25, 0.3) is 5.56 Å². The minimum Gasteiger partial charge on any atom is -0.477 e. The van der Waals surface area contributed by atoms with Crippen molar-refractivity contribution in [1.29, 1.82) is 0 Å². The monoisotopic (exact) mass is 269 g/mol. The summed E-state index contributed by atoms with van der Waals surface area (Å²) in [5.41, 5.74) is -2.38. The highest BCUT2D eigenvalue weighted by atomic mass is 19.1. The fraction of sp³-hybridized carbons (Fsp3) is 0. The lowest BCUT2D eigenvalue weighted by atomic mass is 10.0. The van der Waals surface area contributed by atoms with Gasteiger partial charge in [-0.2, -0.15) is 0 Å². The van der Waals surface area contributed by atoms with Crippen LogP contribution < -0.4 is 5.56 Å². The molecule has 0 radical (unpaired) electrons. The Bertz CT molecular complexity index is 701. The fourth-order valence-corrected chi connectivity index (χ4v) is 1.60. The zero-order chi connectivity index (χ0) is 14.2. The molecule has 1 heterocycles. The Morgan fingerprint density at radius 3 is 2.21 bits per heavy atom. The number of nitrogens with one attached hydrogen (secondary N) is 1. The van der Waals surface area contributed by atoms with E-state index < -0.39 is 40.1 Å². The average Bonchev–Trinajstić information content (AvgIpc) is 2.29. The molecule has 0 fully saturated rings. The van der Waals surface area contributed by atoms with Crippen molar-refractivity contribution in [2.45, 2.75) is 0 Å². The van der Waals surface area contributed by atoms with Crippen LogP contribution in [0.1, 0.15) is 10.4 Å². The first-order valence-corrected chi connectivity index (χ1v) is 5.01. The molecule has 0 amide bonds. The molecule has 0 bridgehead atoms. The number of hydrogen-bond donors (Lipinski definition) is 2. The maximum absolute atomic E-state index is 13.5. The van der Waals surface area contributed by atoms with E-state index in [2.05, 4.69) is 4.98 Å². The SMILES string of the molecule is O=C(O)c1cc(-c2c(F)cc(F)cc2F)c[nH]c1=O. The molecule has 0 atom stereocenters. The van der Waals surface area contributed by atoms with Crippen molar-refractivity contribution in [2.24, 2.45) is 0 Å². The van der Waals surface area contributed by atoms with Gasteiger partial charge in [-0.1, -0.05) is 0 Å². The molecular weight excluding hydrogens is 263 g/mol. The van der Waals surface area contributed by atoms with Crippen LogP contribution in [0.15, 0.2) is 29.2 Å². The maximum atomic E-state index is 13.5. The number of halogens is 3. The van der Waals surface area contributed by atoms with Crippen LogP contribution in [0.3, 0.4) is 0 Å². The van der Waals surface area contributed by atoms with Crippen molar-refractivity contribution in [3.05, 3.63) is 57.8 Å². The highest BCUT2D eigenvalue weighted by Crippen LogP contribution is 2.26. The molecule has 19 heavy (non-hydrogen) atoms. The lowest BCUT2D eigenvalue weighted by molar-refractivity contribution is 0.0695. The third-order valence-corrected chi connectivity index (χ3v) is 2.43. The van der Waals surface area contributed by atoms with E-state index in [-0.39, 0.29) is 5.56 Å². The molecule has 2 aromatic rings. The minimum absolute atomic E-state index is 0.202. The van der Waals surface area contributed by atoms with Gasteiger partial charge in [0.05, 0.1) is 5.56 Å². The van der Waals surface area contributed by atoms with Crippen LogP contribution in [0, 0.1) is 17.5 Å². The molecule has 0 aliphatic carbocycles. The van der Waals surface area contributed by atoms with Gasteiger partial charge in [-0.25, -0.2) is 18.0 Å². The van der Waals surface area contributed by atoms with Crippen molar-refractivity contribution in [3.8, 4) is 11.1 Å².